The van der Waals surface area contributed by atoms with Gasteiger partial charge in [0.05, 0.1) is 11.4 Å². The first-order valence-corrected chi connectivity index (χ1v) is 15.1. The van der Waals surface area contributed by atoms with Crippen molar-refractivity contribution in [3.05, 3.63) is 146 Å². The average molecular weight is 557 g/mol. The Morgan fingerprint density at radius 1 is 0.318 bits per heavy atom. The number of nitrogens with zero attached hydrogens (tertiary/aromatic N) is 2. The highest BCUT2D eigenvalue weighted by molar-refractivity contribution is 6.48. The topological polar surface area (TPSA) is 25.8 Å². The summed E-state index contributed by atoms with van der Waals surface area (Å²) in [6, 6.07) is 48.3. The van der Waals surface area contributed by atoms with Crippen molar-refractivity contribution in [1.29, 1.82) is 0 Å². The van der Waals surface area contributed by atoms with Crippen LogP contribution in [0.5, 0.6) is 0 Å². The molecule has 0 bridgehead atoms. The van der Waals surface area contributed by atoms with Crippen LogP contribution in [-0.4, -0.2) is 9.97 Å². The molecule has 0 amide bonds. The number of benzene rings is 6. The largest absolute Gasteiger partial charge is 0.256 e. The molecule has 0 spiro atoms. The van der Waals surface area contributed by atoms with E-state index in [2.05, 4.69) is 121 Å². The van der Waals surface area contributed by atoms with Gasteiger partial charge in [0.1, 0.15) is 0 Å². The molecule has 0 fully saturated rings. The zero-order chi connectivity index (χ0) is 28.8. The first kappa shape index (κ1) is 23.7. The molecule has 2 aromatic heterocycles. The van der Waals surface area contributed by atoms with Crippen molar-refractivity contribution in [3.8, 4) is 33.6 Å². The molecule has 8 aromatic carbocycles. The van der Waals surface area contributed by atoms with Gasteiger partial charge in [0.25, 0.3) is 0 Å². The second-order valence-electron chi connectivity index (χ2n) is 11.7. The Bertz CT molecular complexity index is 2680. The third-order valence-corrected chi connectivity index (χ3v) is 9.44. The monoisotopic (exact) mass is 556 g/mol. The molecule has 10 rings (SSSR count). The van der Waals surface area contributed by atoms with Crippen LogP contribution in [0.25, 0.3) is 98.3 Å². The number of fused-ring (bicyclic) bond motifs is 7. The van der Waals surface area contributed by atoms with Crippen molar-refractivity contribution in [3.63, 3.8) is 0 Å². The second kappa shape index (κ2) is 8.82. The Morgan fingerprint density at radius 2 is 0.955 bits per heavy atom. The first-order chi connectivity index (χ1) is 21.9. The van der Waals surface area contributed by atoms with Crippen LogP contribution in [-0.2, 0) is 0 Å². The number of hydrogen-bond donors (Lipinski definition) is 0. The summed E-state index contributed by atoms with van der Waals surface area (Å²) in [5.41, 5.74) is 6.80. The van der Waals surface area contributed by atoms with Crippen LogP contribution in [0, 0.1) is 0 Å². The highest BCUT2D eigenvalue weighted by Crippen LogP contribution is 2.54. The minimum atomic E-state index is 0.987. The summed E-state index contributed by atoms with van der Waals surface area (Å²) in [5, 5.41) is 15.6. The lowest BCUT2D eigenvalue weighted by Gasteiger charge is -2.14. The zero-order valence-electron chi connectivity index (χ0n) is 23.8. The molecular formula is C42H24N2. The van der Waals surface area contributed by atoms with Gasteiger partial charge in [-0.2, -0.15) is 0 Å². The third kappa shape index (κ3) is 3.09. The lowest BCUT2D eigenvalue weighted by atomic mass is 9.89. The van der Waals surface area contributed by atoms with E-state index in [1.54, 1.807) is 0 Å². The number of hydrogen-bond acceptors (Lipinski definition) is 2. The summed E-state index contributed by atoms with van der Waals surface area (Å²) in [5.74, 6) is 0. The Morgan fingerprint density at radius 3 is 1.75 bits per heavy atom. The molecule has 0 unspecified atom stereocenters. The minimum Gasteiger partial charge on any atom is -0.256 e. The lowest BCUT2D eigenvalue weighted by molar-refractivity contribution is 1.33. The van der Waals surface area contributed by atoms with E-state index in [9.17, 15) is 0 Å². The Balaban J connectivity index is 1.51. The van der Waals surface area contributed by atoms with E-state index in [1.807, 2.05) is 24.5 Å². The van der Waals surface area contributed by atoms with E-state index in [4.69, 9.17) is 9.97 Å². The van der Waals surface area contributed by atoms with Crippen molar-refractivity contribution in [2.45, 2.75) is 0 Å². The quantitative estimate of drug-likeness (QED) is 0.216. The maximum Gasteiger partial charge on any atom is 0.0708 e. The molecule has 0 aliphatic carbocycles. The molecule has 0 radical (unpaired) electrons. The van der Waals surface area contributed by atoms with Crippen LogP contribution < -0.4 is 0 Å². The molecule has 0 N–H and O–H groups in total. The molecule has 0 saturated carbocycles. The molecule has 44 heavy (non-hydrogen) atoms. The van der Waals surface area contributed by atoms with Gasteiger partial charge in [-0.25, -0.2) is 0 Å². The first-order valence-electron chi connectivity index (χ1n) is 15.1. The normalized spacial score (nSPS) is 12.1. The third-order valence-electron chi connectivity index (χ3n) is 9.44. The summed E-state index contributed by atoms with van der Waals surface area (Å²) in [6.45, 7) is 0. The van der Waals surface area contributed by atoms with Gasteiger partial charge in [-0.05, 0) is 112 Å². The summed E-state index contributed by atoms with van der Waals surface area (Å²) < 4.78 is 0. The van der Waals surface area contributed by atoms with Crippen molar-refractivity contribution < 1.29 is 0 Å². The molecular weight excluding hydrogens is 532 g/mol. The minimum absolute atomic E-state index is 0.987. The van der Waals surface area contributed by atoms with Crippen LogP contribution in [0.1, 0.15) is 0 Å². The molecule has 0 aliphatic rings. The second-order valence-corrected chi connectivity index (χ2v) is 11.7. The van der Waals surface area contributed by atoms with Crippen LogP contribution in [0.2, 0.25) is 0 Å². The summed E-state index contributed by atoms with van der Waals surface area (Å²) in [7, 11) is 0. The van der Waals surface area contributed by atoms with E-state index >= 15 is 0 Å². The zero-order valence-corrected chi connectivity index (χ0v) is 23.8. The highest BCUT2D eigenvalue weighted by Gasteiger charge is 2.26. The molecule has 10 aromatic rings. The number of pyridine rings is 2. The van der Waals surface area contributed by atoms with Crippen molar-refractivity contribution >= 4 is 64.6 Å². The van der Waals surface area contributed by atoms with E-state index in [0.29, 0.717) is 0 Å². The van der Waals surface area contributed by atoms with Gasteiger partial charge in [0.2, 0.25) is 0 Å². The summed E-state index contributed by atoms with van der Waals surface area (Å²) >= 11 is 0. The summed E-state index contributed by atoms with van der Waals surface area (Å²) in [6.07, 6.45) is 3.77. The van der Waals surface area contributed by atoms with E-state index in [0.717, 1.165) is 17.0 Å². The van der Waals surface area contributed by atoms with Crippen molar-refractivity contribution in [2.24, 2.45) is 0 Å². The Labute approximate surface area is 253 Å². The van der Waals surface area contributed by atoms with Gasteiger partial charge in [-0.3, -0.25) is 9.97 Å². The standard InChI is InChI=1S/C42H24N2/c1-2-11-25(12-3-1)37-34-24-26(35-17-6-8-21-43-35)23-33-27-13-4-5-14-29(27)40(39(33)34)42-32-20-19-28(36-18-7-9-22-44-36)30-15-10-16-31(38(30)32)41(37)42/h1-24H. The molecule has 202 valence electrons. The summed E-state index contributed by atoms with van der Waals surface area (Å²) in [4.78, 5) is 9.52. The van der Waals surface area contributed by atoms with Crippen LogP contribution in [0.15, 0.2) is 146 Å². The van der Waals surface area contributed by atoms with Crippen molar-refractivity contribution in [2.75, 3.05) is 0 Å². The Kier molecular flexibility index (Phi) is 4.75. The van der Waals surface area contributed by atoms with E-state index in [1.165, 1.54) is 81.3 Å². The molecule has 0 aliphatic heterocycles. The molecule has 2 heteroatoms. The highest BCUT2D eigenvalue weighted by atomic mass is 14.7. The number of rotatable bonds is 3. The fourth-order valence-electron chi connectivity index (χ4n) is 7.73. The lowest BCUT2D eigenvalue weighted by Crippen LogP contribution is -1.88. The fraction of sp³-hybridized carbons (Fsp3) is 0. The van der Waals surface area contributed by atoms with Crippen LogP contribution in [0.4, 0.5) is 0 Å². The van der Waals surface area contributed by atoms with Crippen LogP contribution in [0.3, 0.4) is 0 Å². The number of aromatic nitrogens is 2. The fourth-order valence-corrected chi connectivity index (χ4v) is 7.73. The van der Waals surface area contributed by atoms with Gasteiger partial charge < -0.3 is 0 Å². The smallest absolute Gasteiger partial charge is 0.0708 e. The SMILES string of the molecule is c1ccc(-c2c3cc(-c4ccccn4)cc4c5ccccc5c(c34)c3c4ccc(-c5ccccn5)c5cccc(c23)c54)cc1. The average Bonchev–Trinajstić information content (AvgIpc) is 3.61. The predicted octanol–water partition coefficient (Wildman–Crippen LogP) is 11.3. The van der Waals surface area contributed by atoms with E-state index in [-0.39, 0.29) is 0 Å². The molecule has 2 heterocycles. The van der Waals surface area contributed by atoms with Crippen LogP contribution >= 0.6 is 0 Å². The van der Waals surface area contributed by atoms with Gasteiger partial charge in [0.15, 0.2) is 0 Å². The van der Waals surface area contributed by atoms with Gasteiger partial charge in [-0.1, -0.05) is 97.1 Å². The maximum absolute atomic E-state index is 4.78. The Hall–Kier alpha value is -5.86. The predicted molar refractivity (Wildman–Crippen MR) is 186 cm³/mol. The van der Waals surface area contributed by atoms with Gasteiger partial charge in [0, 0.05) is 23.5 Å². The van der Waals surface area contributed by atoms with Gasteiger partial charge >= 0.3 is 0 Å². The maximum atomic E-state index is 4.78. The van der Waals surface area contributed by atoms with Gasteiger partial charge in [-0.15, -0.1) is 0 Å². The molecule has 0 atom stereocenters. The van der Waals surface area contributed by atoms with E-state index < -0.39 is 0 Å². The molecule has 2 nitrogen and oxygen atoms in total. The molecule has 0 saturated heterocycles. The van der Waals surface area contributed by atoms with Crippen molar-refractivity contribution in [1.82, 2.24) is 9.97 Å².